The quantitative estimate of drug-likeness (QED) is 0.885. The fraction of sp³-hybridized carbons (Fsp3) is 0.438. The van der Waals surface area contributed by atoms with E-state index in [-0.39, 0.29) is 18.0 Å². The number of amides is 1. The van der Waals surface area contributed by atoms with E-state index in [4.69, 9.17) is 5.73 Å². The lowest BCUT2D eigenvalue weighted by Gasteiger charge is -2.24. The lowest BCUT2D eigenvalue weighted by atomic mass is 10.0. The van der Waals surface area contributed by atoms with Gasteiger partial charge in [0.1, 0.15) is 11.6 Å². The van der Waals surface area contributed by atoms with Gasteiger partial charge in [-0.15, -0.1) is 0 Å². The van der Waals surface area contributed by atoms with Crippen LogP contribution in [-0.4, -0.2) is 26.7 Å². The maximum absolute atomic E-state index is 12.2. The van der Waals surface area contributed by atoms with E-state index in [0.29, 0.717) is 13.0 Å². The molecule has 1 aromatic heterocycles. The van der Waals surface area contributed by atoms with Crippen LogP contribution in [0, 0.1) is 6.92 Å². The standard InChI is InChI=1S/C16H21N5O/c1-11-18-15-8-7-13(10-21(15)20-11)19-16(22)9-14(17)12-5-3-2-4-6-12/h2-6,13-14H,7-10,17H2,1H3,(H,19,22). The van der Waals surface area contributed by atoms with Crippen LogP contribution in [0.25, 0.3) is 0 Å². The summed E-state index contributed by atoms with van der Waals surface area (Å²) < 4.78 is 1.89. The molecule has 0 radical (unpaired) electrons. The van der Waals surface area contributed by atoms with E-state index in [1.54, 1.807) is 0 Å². The first-order valence-electron chi connectivity index (χ1n) is 7.62. The lowest BCUT2D eigenvalue weighted by Crippen LogP contribution is -2.42. The van der Waals surface area contributed by atoms with Crippen LogP contribution in [0.15, 0.2) is 30.3 Å². The highest BCUT2D eigenvalue weighted by atomic mass is 16.1. The summed E-state index contributed by atoms with van der Waals surface area (Å²) in [4.78, 5) is 16.5. The number of fused-ring (bicyclic) bond motifs is 1. The number of hydrogen-bond acceptors (Lipinski definition) is 4. The summed E-state index contributed by atoms with van der Waals surface area (Å²) in [7, 11) is 0. The van der Waals surface area contributed by atoms with Crippen LogP contribution < -0.4 is 11.1 Å². The van der Waals surface area contributed by atoms with Gasteiger partial charge in [0.2, 0.25) is 5.91 Å². The van der Waals surface area contributed by atoms with E-state index in [0.717, 1.165) is 30.1 Å². The Hall–Kier alpha value is -2.21. The molecule has 0 fully saturated rings. The van der Waals surface area contributed by atoms with Crippen molar-refractivity contribution in [2.45, 2.75) is 44.8 Å². The first-order chi connectivity index (χ1) is 10.6. The number of aryl methyl sites for hydroxylation is 2. The third-order valence-corrected chi connectivity index (χ3v) is 3.96. The molecule has 22 heavy (non-hydrogen) atoms. The second-order valence-electron chi connectivity index (χ2n) is 5.78. The van der Waals surface area contributed by atoms with E-state index in [1.165, 1.54) is 0 Å². The summed E-state index contributed by atoms with van der Waals surface area (Å²) in [6.45, 7) is 2.57. The Morgan fingerprint density at radius 3 is 3.00 bits per heavy atom. The molecule has 0 saturated carbocycles. The van der Waals surface area contributed by atoms with Crippen LogP contribution in [0.1, 0.15) is 36.1 Å². The van der Waals surface area contributed by atoms with Crippen molar-refractivity contribution in [3.8, 4) is 0 Å². The monoisotopic (exact) mass is 299 g/mol. The minimum absolute atomic E-state index is 0.0124. The summed E-state index contributed by atoms with van der Waals surface area (Å²) in [5.41, 5.74) is 7.07. The van der Waals surface area contributed by atoms with E-state index < -0.39 is 0 Å². The SMILES string of the molecule is Cc1nc2n(n1)CC(NC(=O)CC(N)c1ccccc1)CC2. The lowest BCUT2D eigenvalue weighted by molar-refractivity contribution is -0.122. The maximum Gasteiger partial charge on any atom is 0.222 e. The van der Waals surface area contributed by atoms with Gasteiger partial charge in [0, 0.05) is 24.9 Å². The summed E-state index contributed by atoms with van der Waals surface area (Å²) in [6.07, 6.45) is 2.03. The number of benzene rings is 1. The highest BCUT2D eigenvalue weighted by Crippen LogP contribution is 2.15. The minimum atomic E-state index is -0.269. The highest BCUT2D eigenvalue weighted by Gasteiger charge is 2.23. The van der Waals surface area contributed by atoms with Crippen molar-refractivity contribution in [1.29, 1.82) is 0 Å². The molecule has 2 heterocycles. The Balaban J connectivity index is 1.54. The molecule has 2 aromatic rings. The van der Waals surface area contributed by atoms with Crippen molar-refractivity contribution in [2.75, 3.05) is 0 Å². The van der Waals surface area contributed by atoms with Crippen LogP contribution in [0.4, 0.5) is 0 Å². The van der Waals surface area contributed by atoms with Crippen molar-refractivity contribution >= 4 is 5.91 Å². The summed E-state index contributed by atoms with van der Waals surface area (Å²) in [6, 6.07) is 9.53. The number of hydrogen-bond donors (Lipinski definition) is 2. The molecule has 3 N–H and O–H groups in total. The largest absolute Gasteiger partial charge is 0.351 e. The van der Waals surface area contributed by atoms with Crippen molar-refractivity contribution < 1.29 is 4.79 Å². The zero-order chi connectivity index (χ0) is 15.5. The molecule has 6 heteroatoms. The van der Waals surface area contributed by atoms with Gasteiger partial charge in [-0.05, 0) is 18.9 Å². The average Bonchev–Trinajstić information content (AvgIpc) is 2.87. The number of aromatic nitrogens is 3. The molecule has 2 unspecified atom stereocenters. The van der Waals surface area contributed by atoms with Crippen LogP contribution in [0.5, 0.6) is 0 Å². The normalized spacial score (nSPS) is 18.5. The predicted molar refractivity (Wildman–Crippen MR) is 83.0 cm³/mol. The van der Waals surface area contributed by atoms with Gasteiger partial charge < -0.3 is 11.1 Å². The number of carbonyl (C=O) groups is 1. The fourth-order valence-corrected chi connectivity index (χ4v) is 2.86. The summed E-state index contributed by atoms with van der Waals surface area (Å²) in [5, 5.41) is 7.41. The zero-order valence-corrected chi connectivity index (χ0v) is 12.7. The predicted octanol–water partition coefficient (Wildman–Crippen LogP) is 1.11. The van der Waals surface area contributed by atoms with Crippen molar-refractivity contribution in [1.82, 2.24) is 20.1 Å². The molecule has 116 valence electrons. The molecule has 1 aliphatic heterocycles. The number of nitrogens with zero attached hydrogens (tertiary/aromatic N) is 3. The summed E-state index contributed by atoms with van der Waals surface area (Å²) in [5.74, 6) is 1.78. The number of nitrogens with one attached hydrogen (secondary N) is 1. The van der Waals surface area contributed by atoms with Gasteiger partial charge >= 0.3 is 0 Å². The van der Waals surface area contributed by atoms with Gasteiger partial charge in [-0.1, -0.05) is 30.3 Å². The second kappa shape index (κ2) is 6.27. The molecule has 1 aromatic carbocycles. The van der Waals surface area contributed by atoms with Gasteiger partial charge in [-0.2, -0.15) is 5.10 Å². The average molecular weight is 299 g/mol. The molecule has 6 nitrogen and oxygen atoms in total. The van der Waals surface area contributed by atoms with Crippen molar-refractivity contribution in [3.63, 3.8) is 0 Å². The van der Waals surface area contributed by atoms with E-state index in [1.807, 2.05) is 41.9 Å². The molecule has 0 spiro atoms. The van der Waals surface area contributed by atoms with Gasteiger partial charge in [0.25, 0.3) is 0 Å². The molecule has 1 aliphatic rings. The molecular weight excluding hydrogens is 278 g/mol. The Bertz CT molecular complexity index is 652. The zero-order valence-electron chi connectivity index (χ0n) is 12.7. The van der Waals surface area contributed by atoms with Crippen LogP contribution in [0.3, 0.4) is 0 Å². The van der Waals surface area contributed by atoms with Gasteiger partial charge in [0.15, 0.2) is 0 Å². The smallest absolute Gasteiger partial charge is 0.222 e. The van der Waals surface area contributed by atoms with E-state index in [2.05, 4.69) is 15.4 Å². The van der Waals surface area contributed by atoms with E-state index >= 15 is 0 Å². The van der Waals surface area contributed by atoms with Crippen LogP contribution in [0.2, 0.25) is 0 Å². The van der Waals surface area contributed by atoms with Gasteiger partial charge in [-0.3, -0.25) is 4.79 Å². The first-order valence-corrected chi connectivity index (χ1v) is 7.62. The second-order valence-corrected chi connectivity index (χ2v) is 5.78. The third kappa shape index (κ3) is 3.33. The Morgan fingerprint density at radius 1 is 1.45 bits per heavy atom. The Kier molecular flexibility index (Phi) is 4.20. The summed E-state index contributed by atoms with van der Waals surface area (Å²) >= 11 is 0. The molecule has 2 atom stereocenters. The van der Waals surface area contributed by atoms with Crippen LogP contribution in [-0.2, 0) is 17.8 Å². The van der Waals surface area contributed by atoms with Gasteiger partial charge in [-0.25, -0.2) is 9.67 Å². The maximum atomic E-state index is 12.2. The Morgan fingerprint density at radius 2 is 2.23 bits per heavy atom. The molecule has 1 amide bonds. The molecule has 3 rings (SSSR count). The van der Waals surface area contributed by atoms with Crippen molar-refractivity contribution in [2.24, 2.45) is 5.73 Å². The Labute approximate surface area is 129 Å². The molecule has 0 bridgehead atoms. The number of carbonyl (C=O) groups excluding carboxylic acids is 1. The number of rotatable bonds is 4. The van der Waals surface area contributed by atoms with Crippen molar-refractivity contribution in [3.05, 3.63) is 47.5 Å². The molecular formula is C16H21N5O. The van der Waals surface area contributed by atoms with E-state index in [9.17, 15) is 4.79 Å². The fourth-order valence-electron chi connectivity index (χ4n) is 2.86. The molecule has 0 aliphatic carbocycles. The minimum Gasteiger partial charge on any atom is -0.351 e. The van der Waals surface area contributed by atoms with Crippen LogP contribution >= 0.6 is 0 Å². The first kappa shape index (κ1) is 14.7. The topological polar surface area (TPSA) is 85.8 Å². The molecule has 0 saturated heterocycles. The van der Waals surface area contributed by atoms with Gasteiger partial charge in [0.05, 0.1) is 6.54 Å². The highest BCUT2D eigenvalue weighted by molar-refractivity contribution is 5.77. The third-order valence-electron chi connectivity index (χ3n) is 3.96. The number of nitrogens with two attached hydrogens (primary N) is 1.